The van der Waals surface area contributed by atoms with Gasteiger partial charge in [-0.3, -0.25) is 0 Å². The first-order chi connectivity index (χ1) is 10.0. The summed E-state index contributed by atoms with van der Waals surface area (Å²) < 4.78 is 0. The molecule has 21 heavy (non-hydrogen) atoms. The van der Waals surface area contributed by atoms with Crippen LogP contribution >= 0.6 is 66.7 Å². The lowest BCUT2D eigenvalue weighted by Gasteiger charge is -2.31. The average Bonchev–Trinajstić information content (AvgIpc) is 2.49. The molecule has 0 atom stereocenters. The van der Waals surface area contributed by atoms with Crippen LogP contribution in [0.1, 0.15) is 11.1 Å². The maximum Gasteiger partial charge on any atom is 0.0595 e. The minimum Gasteiger partial charge on any atom is -0.0918 e. The van der Waals surface area contributed by atoms with Gasteiger partial charge in [-0.15, -0.1) is 0 Å². The van der Waals surface area contributed by atoms with E-state index in [9.17, 15) is 0 Å². The van der Waals surface area contributed by atoms with Gasteiger partial charge in [0, 0.05) is 21.1 Å². The number of hydrogen-bond donors (Lipinski definition) is 0. The van der Waals surface area contributed by atoms with Gasteiger partial charge >= 0.3 is 0 Å². The Morgan fingerprint density at radius 1 is 0.810 bits per heavy atom. The molecule has 0 radical (unpaired) electrons. The van der Waals surface area contributed by atoms with Crippen molar-refractivity contribution in [2.24, 2.45) is 0 Å². The Morgan fingerprint density at radius 2 is 1.43 bits per heavy atom. The van der Waals surface area contributed by atoms with Gasteiger partial charge in [-0.25, -0.2) is 0 Å². The van der Waals surface area contributed by atoms with Crippen molar-refractivity contribution in [1.29, 1.82) is 0 Å². The van der Waals surface area contributed by atoms with Gasteiger partial charge in [0.1, 0.15) is 0 Å². The van der Waals surface area contributed by atoms with Crippen molar-refractivity contribution < 1.29 is 0 Å². The highest BCUT2D eigenvalue weighted by Gasteiger charge is 2.30. The lowest BCUT2D eigenvalue weighted by molar-refractivity contribution is 0.551. The molecular weight excluding hydrogens is 458 g/mol. The second-order valence-electron chi connectivity index (χ2n) is 4.98. The van der Waals surface area contributed by atoms with E-state index in [1.807, 2.05) is 30.3 Å². The number of halogens is 5. The van der Waals surface area contributed by atoms with Crippen molar-refractivity contribution in [3.63, 3.8) is 0 Å². The maximum atomic E-state index is 6.12. The largest absolute Gasteiger partial charge is 0.0918 e. The summed E-state index contributed by atoms with van der Waals surface area (Å²) in [4.78, 5) is 0. The molecule has 0 amide bonds. The zero-order valence-corrected chi connectivity index (χ0v) is 16.5. The number of rotatable bonds is 5. The molecule has 0 N–H and O–H groups in total. The van der Waals surface area contributed by atoms with Crippen LogP contribution in [0.25, 0.3) is 0 Å². The molecule has 112 valence electrons. The smallest absolute Gasteiger partial charge is 0.0595 e. The summed E-state index contributed by atoms with van der Waals surface area (Å²) in [5.41, 5.74) is 2.31. The Labute approximate surface area is 157 Å². The molecule has 0 fully saturated rings. The van der Waals surface area contributed by atoms with Gasteiger partial charge in [-0.1, -0.05) is 84.9 Å². The van der Waals surface area contributed by atoms with Crippen LogP contribution in [0, 0.1) is 0 Å². The summed E-state index contributed by atoms with van der Waals surface area (Å²) in [6.45, 7) is 0. The maximum absolute atomic E-state index is 6.12. The predicted molar refractivity (Wildman–Crippen MR) is 101 cm³/mol. The molecule has 0 aliphatic carbocycles. The molecular formula is C16H13Br2Cl3. The fourth-order valence-electron chi connectivity index (χ4n) is 2.23. The summed E-state index contributed by atoms with van der Waals surface area (Å²) in [7, 11) is 0. The van der Waals surface area contributed by atoms with E-state index in [1.54, 1.807) is 0 Å². The van der Waals surface area contributed by atoms with Crippen LogP contribution in [-0.4, -0.2) is 10.7 Å². The van der Waals surface area contributed by atoms with Crippen LogP contribution in [0.5, 0.6) is 0 Å². The summed E-state index contributed by atoms with van der Waals surface area (Å²) in [5.74, 6) is 0. The average molecular weight is 471 g/mol. The van der Waals surface area contributed by atoms with Crippen LogP contribution in [0.15, 0.2) is 42.5 Å². The lowest BCUT2D eigenvalue weighted by atomic mass is 9.79. The fraction of sp³-hybridized carbons (Fsp3) is 0.250. The summed E-state index contributed by atoms with van der Waals surface area (Å²) in [6.07, 6.45) is 0.849. The molecule has 0 heterocycles. The predicted octanol–water partition coefficient (Wildman–Crippen LogP) is 6.92. The summed E-state index contributed by atoms with van der Waals surface area (Å²) in [5, 5.41) is 3.56. The SMILES string of the molecule is Clc1ccc(C(CBr)(CBr)Cc2ccc(Cl)c(Cl)c2)cc1. The standard InChI is InChI=1S/C16H13Br2Cl3/c17-9-16(10-18,12-2-4-13(19)5-3-12)8-11-1-6-14(20)15(21)7-11/h1-7H,8-10H2. The van der Waals surface area contributed by atoms with Gasteiger partial charge in [-0.2, -0.15) is 0 Å². The zero-order valence-electron chi connectivity index (χ0n) is 11.1. The van der Waals surface area contributed by atoms with Gasteiger partial charge in [-0.05, 0) is 41.8 Å². The van der Waals surface area contributed by atoms with Gasteiger partial charge < -0.3 is 0 Å². The Balaban J connectivity index is 2.37. The van der Waals surface area contributed by atoms with E-state index in [2.05, 4.69) is 44.0 Å². The Bertz CT molecular complexity index is 607. The third-order valence-corrected chi connectivity index (χ3v) is 6.63. The minimum absolute atomic E-state index is 0.0677. The molecule has 2 aromatic carbocycles. The molecule has 2 aromatic rings. The van der Waals surface area contributed by atoms with Crippen LogP contribution in [-0.2, 0) is 11.8 Å². The molecule has 0 aliphatic rings. The summed E-state index contributed by atoms with van der Waals surface area (Å²) in [6, 6.07) is 13.8. The van der Waals surface area contributed by atoms with Crippen molar-refractivity contribution in [3.05, 3.63) is 68.7 Å². The molecule has 2 rings (SSSR count). The third-order valence-electron chi connectivity index (χ3n) is 3.49. The fourth-order valence-corrected chi connectivity index (χ4v) is 4.65. The molecule has 5 heteroatoms. The second kappa shape index (κ2) is 7.70. The van der Waals surface area contributed by atoms with Crippen molar-refractivity contribution in [1.82, 2.24) is 0 Å². The number of hydrogen-bond acceptors (Lipinski definition) is 0. The Hall–Kier alpha value is 0.270. The normalized spacial score (nSPS) is 11.7. The molecule has 0 saturated carbocycles. The van der Waals surface area contributed by atoms with E-state index in [4.69, 9.17) is 34.8 Å². The highest BCUT2D eigenvalue weighted by atomic mass is 79.9. The topological polar surface area (TPSA) is 0 Å². The molecule has 0 unspecified atom stereocenters. The molecule has 0 aliphatic heterocycles. The van der Waals surface area contributed by atoms with Gasteiger partial charge in [0.2, 0.25) is 0 Å². The zero-order chi connectivity index (χ0) is 15.5. The van der Waals surface area contributed by atoms with Crippen LogP contribution in [0.2, 0.25) is 15.1 Å². The van der Waals surface area contributed by atoms with Crippen molar-refractivity contribution in [2.75, 3.05) is 10.7 Å². The highest BCUT2D eigenvalue weighted by Crippen LogP contribution is 2.35. The number of benzene rings is 2. The molecule has 0 nitrogen and oxygen atoms in total. The van der Waals surface area contributed by atoms with Crippen molar-refractivity contribution in [2.45, 2.75) is 11.8 Å². The summed E-state index contributed by atoms with van der Waals surface area (Å²) >= 11 is 25.4. The van der Waals surface area contributed by atoms with E-state index >= 15 is 0 Å². The van der Waals surface area contributed by atoms with Gasteiger partial charge in [0.05, 0.1) is 10.0 Å². The third kappa shape index (κ3) is 4.17. The monoisotopic (exact) mass is 468 g/mol. The lowest BCUT2D eigenvalue weighted by Crippen LogP contribution is -2.32. The first-order valence-electron chi connectivity index (χ1n) is 6.33. The van der Waals surface area contributed by atoms with E-state index in [-0.39, 0.29) is 5.41 Å². The van der Waals surface area contributed by atoms with Crippen LogP contribution < -0.4 is 0 Å². The van der Waals surface area contributed by atoms with E-state index in [1.165, 1.54) is 5.56 Å². The van der Waals surface area contributed by atoms with Crippen LogP contribution in [0.3, 0.4) is 0 Å². The van der Waals surface area contributed by atoms with Crippen molar-refractivity contribution >= 4 is 66.7 Å². The quantitative estimate of drug-likeness (QED) is 0.416. The number of alkyl halides is 2. The van der Waals surface area contributed by atoms with Gasteiger partial charge in [0.15, 0.2) is 0 Å². The Kier molecular flexibility index (Phi) is 6.46. The van der Waals surface area contributed by atoms with Crippen LogP contribution in [0.4, 0.5) is 0 Å². The van der Waals surface area contributed by atoms with Gasteiger partial charge in [0.25, 0.3) is 0 Å². The van der Waals surface area contributed by atoms with E-state index in [0.717, 1.165) is 27.7 Å². The molecule has 0 aromatic heterocycles. The van der Waals surface area contributed by atoms with E-state index in [0.29, 0.717) is 10.0 Å². The minimum atomic E-state index is -0.0677. The first kappa shape index (κ1) is 17.6. The highest BCUT2D eigenvalue weighted by molar-refractivity contribution is 9.09. The molecule has 0 bridgehead atoms. The first-order valence-corrected chi connectivity index (χ1v) is 9.70. The molecule has 0 spiro atoms. The van der Waals surface area contributed by atoms with E-state index < -0.39 is 0 Å². The van der Waals surface area contributed by atoms with Crippen molar-refractivity contribution in [3.8, 4) is 0 Å². The second-order valence-corrected chi connectivity index (χ2v) is 7.35. The Morgan fingerprint density at radius 3 is 1.95 bits per heavy atom. The molecule has 0 saturated heterocycles.